The summed E-state index contributed by atoms with van der Waals surface area (Å²) >= 11 is 1.88. The van der Waals surface area contributed by atoms with Crippen molar-refractivity contribution in [2.45, 2.75) is 0 Å². The Morgan fingerprint density at radius 1 is 0.353 bits per heavy atom. The number of hydrogen-bond donors (Lipinski definition) is 0. The van der Waals surface area contributed by atoms with E-state index in [2.05, 4.69) is 176 Å². The maximum atomic E-state index is 4.88. The molecule has 2 heteroatoms. The van der Waals surface area contributed by atoms with Crippen LogP contribution in [0.25, 0.3) is 97.5 Å². The van der Waals surface area contributed by atoms with Crippen molar-refractivity contribution in [1.82, 2.24) is 4.98 Å². The quantitative estimate of drug-likeness (QED) is 0.167. The molecule has 51 heavy (non-hydrogen) atoms. The van der Waals surface area contributed by atoms with E-state index in [-0.39, 0.29) is 0 Å². The van der Waals surface area contributed by atoms with E-state index in [1.165, 1.54) is 86.6 Å². The average molecular weight is 666 g/mol. The number of pyridine rings is 1. The van der Waals surface area contributed by atoms with Crippen molar-refractivity contribution in [3.63, 3.8) is 0 Å². The Morgan fingerprint density at radius 2 is 0.941 bits per heavy atom. The predicted molar refractivity (Wildman–Crippen MR) is 219 cm³/mol. The molecule has 0 aliphatic carbocycles. The Hall–Kier alpha value is -6.35. The third-order valence-electron chi connectivity index (χ3n) is 10.1. The fraction of sp³-hybridized carbons (Fsp3) is 0. The number of benzene rings is 8. The van der Waals surface area contributed by atoms with Gasteiger partial charge in [0.25, 0.3) is 0 Å². The van der Waals surface area contributed by atoms with Crippen molar-refractivity contribution in [3.8, 4) is 55.6 Å². The highest BCUT2D eigenvalue weighted by Gasteiger charge is 2.18. The Morgan fingerprint density at radius 3 is 1.69 bits per heavy atom. The normalized spacial score (nSPS) is 11.5. The van der Waals surface area contributed by atoms with Gasteiger partial charge in [0.15, 0.2) is 0 Å². The molecule has 0 fully saturated rings. The third kappa shape index (κ3) is 5.03. The summed E-state index contributed by atoms with van der Waals surface area (Å²) in [5, 5.41) is 6.15. The van der Waals surface area contributed by atoms with Crippen LogP contribution in [0.1, 0.15) is 0 Å². The first-order valence-corrected chi connectivity index (χ1v) is 18.2. The smallest absolute Gasteiger partial charge is 0.0786 e. The molecule has 0 unspecified atom stereocenters. The summed E-state index contributed by atoms with van der Waals surface area (Å²) in [6, 6.07) is 66.3. The molecule has 0 bridgehead atoms. The van der Waals surface area contributed by atoms with Crippen LogP contribution in [0.5, 0.6) is 0 Å². The summed E-state index contributed by atoms with van der Waals surface area (Å²) in [7, 11) is 0. The van der Waals surface area contributed by atoms with Gasteiger partial charge >= 0.3 is 0 Å². The summed E-state index contributed by atoms with van der Waals surface area (Å²) in [5.41, 5.74) is 13.1. The lowest BCUT2D eigenvalue weighted by molar-refractivity contribution is 1.43. The van der Waals surface area contributed by atoms with Crippen molar-refractivity contribution in [3.05, 3.63) is 188 Å². The van der Waals surface area contributed by atoms with Crippen molar-refractivity contribution in [2.24, 2.45) is 0 Å². The van der Waals surface area contributed by atoms with Gasteiger partial charge in [-0.25, -0.2) is 0 Å². The third-order valence-corrected chi connectivity index (χ3v) is 11.4. The van der Waals surface area contributed by atoms with Gasteiger partial charge in [0, 0.05) is 37.1 Å². The molecule has 0 N–H and O–H groups in total. The summed E-state index contributed by atoms with van der Waals surface area (Å²) in [6.45, 7) is 0. The van der Waals surface area contributed by atoms with Gasteiger partial charge in [-0.05, 0) is 85.3 Å². The lowest BCUT2D eigenvalue weighted by atomic mass is 9.85. The number of hydrogen-bond acceptors (Lipinski definition) is 2. The molecule has 0 aliphatic heterocycles. The van der Waals surface area contributed by atoms with Crippen LogP contribution in [0.15, 0.2) is 188 Å². The fourth-order valence-electron chi connectivity index (χ4n) is 7.74. The van der Waals surface area contributed by atoms with Crippen molar-refractivity contribution in [2.75, 3.05) is 0 Å². The minimum atomic E-state index is 1.03. The van der Waals surface area contributed by atoms with E-state index in [0.29, 0.717) is 0 Å². The highest BCUT2D eigenvalue weighted by Crippen LogP contribution is 2.46. The Kier molecular flexibility index (Phi) is 7.07. The minimum absolute atomic E-state index is 1.03. The van der Waals surface area contributed by atoms with E-state index in [4.69, 9.17) is 4.98 Å². The number of nitrogens with zero attached hydrogens (tertiary/aromatic N) is 1. The van der Waals surface area contributed by atoms with Crippen LogP contribution >= 0.6 is 11.3 Å². The molecule has 238 valence electrons. The molecule has 0 saturated heterocycles. The first-order valence-electron chi connectivity index (χ1n) is 17.4. The number of thiophene rings is 1. The van der Waals surface area contributed by atoms with E-state index >= 15 is 0 Å². The van der Waals surface area contributed by atoms with E-state index in [9.17, 15) is 0 Å². The second kappa shape index (κ2) is 12.2. The lowest BCUT2D eigenvalue weighted by Gasteiger charge is -2.19. The van der Waals surface area contributed by atoms with Gasteiger partial charge in [0.05, 0.1) is 5.52 Å². The molecule has 0 atom stereocenters. The first kappa shape index (κ1) is 29.6. The van der Waals surface area contributed by atoms with Gasteiger partial charge in [0.1, 0.15) is 0 Å². The topological polar surface area (TPSA) is 12.9 Å². The molecule has 0 aliphatic rings. The summed E-state index contributed by atoms with van der Waals surface area (Å²) in [4.78, 5) is 4.88. The molecule has 0 amide bonds. The predicted octanol–water partition coefficient (Wildman–Crippen LogP) is 14.1. The van der Waals surface area contributed by atoms with E-state index in [1.54, 1.807) is 0 Å². The van der Waals surface area contributed by atoms with Crippen molar-refractivity contribution >= 4 is 53.2 Å². The van der Waals surface area contributed by atoms with Crippen LogP contribution in [0.4, 0.5) is 0 Å². The van der Waals surface area contributed by atoms with Gasteiger partial charge in [-0.2, -0.15) is 0 Å². The second-order valence-electron chi connectivity index (χ2n) is 13.1. The number of rotatable bonds is 5. The van der Waals surface area contributed by atoms with Crippen LogP contribution in [-0.4, -0.2) is 4.98 Å². The van der Waals surface area contributed by atoms with Gasteiger partial charge < -0.3 is 0 Å². The summed E-state index contributed by atoms with van der Waals surface area (Å²) in [6.07, 6.45) is 1.90. The Labute approximate surface area is 300 Å². The monoisotopic (exact) mass is 665 g/mol. The van der Waals surface area contributed by atoms with Crippen molar-refractivity contribution < 1.29 is 0 Å². The zero-order valence-electron chi connectivity index (χ0n) is 27.8. The highest BCUT2D eigenvalue weighted by atomic mass is 32.1. The van der Waals surface area contributed by atoms with Crippen molar-refractivity contribution in [1.29, 1.82) is 0 Å². The zero-order valence-corrected chi connectivity index (χ0v) is 28.6. The maximum Gasteiger partial charge on any atom is 0.0786 e. The molecule has 0 saturated carbocycles. The summed E-state index contributed by atoms with van der Waals surface area (Å²) < 4.78 is 2.64. The second-order valence-corrected chi connectivity index (χ2v) is 14.1. The molecule has 8 aromatic carbocycles. The first-order chi connectivity index (χ1) is 25.3. The van der Waals surface area contributed by atoms with E-state index in [1.807, 2.05) is 23.6 Å². The largest absolute Gasteiger partial charge is 0.256 e. The van der Waals surface area contributed by atoms with Gasteiger partial charge in [-0.1, -0.05) is 158 Å². The number of fused-ring (bicyclic) bond motifs is 6. The zero-order chi connectivity index (χ0) is 33.7. The van der Waals surface area contributed by atoms with E-state index < -0.39 is 0 Å². The fourth-order valence-corrected chi connectivity index (χ4v) is 8.98. The Bertz CT molecular complexity index is 2900. The van der Waals surface area contributed by atoms with E-state index in [0.717, 1.165) is 10.9 Å². The highest BCUT2D eigenvalue weighted by molar-refractivity contribution is 7.26. The average Bonchev–Trinajstić information content (AvgIpc) is 3.60. The summed E-state index contributed by atoms with van der Waals surface area (Å²) in [5.74, 6) is 0. The molecular formula is C49H31NS. The maximum absolute atomic E-state index is 4.88. The number of aromatic nitrogens is 1. The molecule has 0 radical (unpaired) electrons. The molecular weight excluding hydrogens is 635 g/mol. The minimum Gasteiger partial charge on any atom is -0.256 e. The van der Waals surface area contributed by atoms with Gasteiger partial charge in [-0.3, -0.25) is 4.98 Å². The SMILES string of the molecule is c1ccc(-c2ccc(-c3cccc4c3sc3ccccc34)cc2-c2cc(-c3cccc4ccc5cccnc5c34)ccc2-c2ccccc2)cc1. The van der Waals surface area contributed by atoms with Gasteiger partial charge in [-0.15, -0.1) is 11.3 Å². The standard InChI is InChI=1S/C49H31NS/c1-3-12-32(13-4-1)38-27-25-36(40-19-9-16-34-23-24-35-17-11-29-50-48(35)47(34)40)30-44(38)45-31-37(26-28-39(45)33-14-5-2-6-15-33)41-20-10-21-43-42-18-7-8-22-46(42)51-49(41)43/h1-31H. The molecule has 2 heterocycles. The molecule has 10 aromatic rings. The van der Waals surface area contributed by atoms with Crippen LogP contribution < -0.4 is 0 Å². The molecule has 1 nitrogen and oxygen atoms in total. The molecule has 10 rings (SSSR count). The van der Waals surface area contributed by atoms with Crippen LogP contribution in [0.2, 0.25) is 0 Å². The van der Waals surface area contributed by atoms with Crippen LogP contribution in [0.3, 0.4) is 0 Å². The molecule has 0 spiro atoms. The lowest BCUT2D eigenvalue weighted by Crippen LogP contribution is -1.93. The Balaban J connectivity index is 1.27. The van der Waals surface area contributed by atoms with Crippen LogP contribution in [-0.2, 0) is 0 Å². The van der Waals surface area contributed by atoms with Crippen LogP contribution in [0, 0.1) is 0 Å². The molecule has 2 aromatic heterocycles. The van der Waals surface area contributed by atoms with Gasteiger partial charge in [0.2, 0.25) is 0 Å².